The highest BCUT2D eigenvalue weighted by molar-refractivity contribution is 7.98. The van der Waals surface area contributed by atoms with Crippen LogP contribution in [0.4, 0.5) is 5.69 Å². The monoisotopic (exact) mass is 319 g/mol. The number of nitrogens with one attached hydrogen (secondary N) is 1. The summed E-state index contributed by atoms with van der Waals surface area (Å²) < 4.78 is 5.56. The molecule has 2 heterocycles. The van der Waals surface area contributed by atoms with Gasteiger partial charge in [-0.2, -0.15) is 0 Å². The molecule has 0 aliphatic heterocycles. The number of fused-ring (bicyclic) bond motifs is 1. The van der Waals surface area contributed by atoms with E-state index in [0.29, 0.717) is 27.9 Å². The number of thioether (sulfide) groups is 1. The normalized spacial score (nSPS) is 11.1. The zero-order chi connectivity index (χ0) is 15.5. The van der Waals surface area contributed by atoms with Crippen molar-refractivity contribution in [2.24, 2.45) is 0 Å². The van der Waals surface area contributed by atoms with Crippen molar-refractivity contribution in [3.63, 3.8) is 0 Å². The Morgan fingerprint density at radius 2 is 2.27 bits per heavy atom. The Morgan fingerprint density at radius 3 is 3.05 bits per heavy atom. The lowest BCUT2D eigenvalue weighted by molar-refractivity contribution is -0.384. The molecule has 0 unspecified atom stereocenters. The minimum Gasteiger partial charge on any atom is -0.440 e. The van der Waals surface area contributed by atoms with E-state index < -0.39 is 4.92 Å². The van der Waals surface area contributed by atoms with E-state index in [4.69, 9.17) is 4.42 Å². The number of H-pyrrole nitrogens is 1. The molecule has 0 aliphatic carbocycles. The standard InChI is InChI=1S/C13H13N5O3S/c1-2-3-11-15-13(17-16-11)22-7-12-14-9-6-8(18(19)20)4-5-10(9)21-12/h4-6H,2-3,7H2,1H3,(H,15,16,17). The Kier molecular flexibility index (Phi) is 4.05. The summed E-state index contributed by atoms with van der Waals surface area (Å²) in [5.74, 6) is 1.81. The van der Waals surface area contributed by atoms with Gasteiger partial charge in [0.2, 0.25) is 11.0 Å². The molecule has 0 aliphatic rings. The van der Waals surface area contributed by atoms with Crippen LogP contribution in [0.3, 0.4) is 0 Å². The molecule has 1 N–H and O–H groups in total. The summed E-state index contributed by atoms with van der Waals surface area (Å²) in [5, 5.41) is 18.4. The quantitative estimate of drug-likeness (QED) is 0.422. The van der Waals surface area contributed by atoms with Crippen LogP contribution in [0.2, 0.25) is 0 Å². The van der Waals surface area contributed by atoms with Crippen LogP contribution in [-0.4, -0.2) is 25.1 Å². The molecule has 0 saturated carbocycles. The summed E-state index contributed by atoms with van der Waals surface area (Å²) in [5.41, 5.74) is 1.01. The molecule has 0 saturated heterocycles. The van der Waals surface area contributed by atoms with Crippen molar-refractivity contribution in [3.8, 4) is 0 Å². The van der Waals surface area contributed by atoms with E-state index in [-0.39, 0.29) is 5.69 Å². The van der Waals surface area contributed by atoms with E-state index in [1.807, 2.05) is 0 Å². The van der Waals surface area contributed by atoms with Crippen LogP contribution in [0, 0.1) is 10.1 Å². The summed E-state index contributed by atoms with van der Waals surface area (Å²) >= 11 is 1.40. The molecule has 9 heteroatoms. The van der Waals surface area contributed by atoms with E-state index in [2.05, 4.69) is 27.1 Å². The first-order valence-electron chi connectivity index (χ1n) is 6.73. The third-order valence-corrected chi connectivity index (χ3v) is 3.78. The van der Waals surface area contributed by atoms with Crippen LogP contribution in [0.1, 0.15) is 25.1 Å². The Morgan fingerprint density at radius 1 is 1.41 bits per heavy atom. The van der Waals surface area contributed by atoms with Crippen LogP contribution in [0.15, 0.2) is 27.8 Å². The van der Waals surface area contributed by atoms with Crippen molar-refractivity contribution >= 4 is 28.5 Å². The van der Waals surface area contributed by atoms with Crippen molar-refractivity contribution in [1.29, 1.82) is 0 Å². The molecule has 0 radical (unpaired) electrons. The zero-order valence-electron chi connectivity index (χ0n) is 11.8. The van der Waals surface area contributed by atoms with Crippen LogP contribution in [-0.2, 0) is 12.2 Å². The van der Waals surface area contributed by atoms with E-state index in [1.165, 1.54) is 23.9 Å². The van der Waals surface area contributed by atoms with Gasteiger partial charge >= 0.3 is 0 Å². The molecule has 0 spiro atoms. The summed E-state index contributed by atoms with van der Waals surface area (Å²) in [4.78, 5) is 18.9. The van der Waals surface area contributed by atoms with E-state index >= 15 is 0 Å². The molecule has 114 valence electrons. The van der Waals surface area contributed by atoms with Gasteiger partial charge in [-0.25, -0.2) is 9.97 Å². The van der Waals surface area contributed by atoms with Crippen LogP contribution >= 0.6 is 11.8 Å². The van der Waals surface area contributed by atoms with Crippen molar-refractivity contribution in [2.45, 2.75) is 30.7 Å². The van der Waals surface area contributed by atoms with Gasteiger partial charge < -0.3 is 4.42 Å². The van der Waals surface area contributed by atoms with Gasteiger partial charge in [0.05, 0.1) is 10.7 Å². The second kappa shape index (κ2) is 6.14. The zero-order valence-corrected chi connectivity index (χ0v) is 12.6. The number of aryl methyl sites for hydroxylation is 1. The molecule has 0 fully saturated rings. The van der Waals surface area contributed by atoms with Crippen molar-refractivity contribution < 1.29 is 9.34 Å². The van der Waals surface area contributed by atoms with E-state index in [1.54, 1.807) is 6.07 Å². The van der Waals surface area contributed by atoms with Crippen LogP contribution < -0.4 is 0 Å². The van der Waals surface area contributed by atoms with Gasteiger partial charge in [0.15, 0.2) is 5.58 Å². The van der Waals surface area contributed by atoms with Crippen LogP contribution in [0.5, 0.6) is 0 Å². The van der Waals surface area contributed by atoms with Gasteiger partial charge in [-0.1, -0.05) is 18.7 Å². The molecule has 0 bridgehead atoms. The average molecular weight is 319 g/mol. The van der Waals surface area contributed by atoms with E-state index in [9.17, 15) is 10.1 Å². The molecule has 8 nitrogen and oxygen atoms in total. The fraction of sp³-hybridized carbons (Fsp3) is 0.308. The highest BCUT2D eigenvalue weighted by atomic mass is 32.2. The lowest BCUT2D eigenvalue weighted by Gasteiger charge is -1.90. The summed E-state index contributed by atoms with van der Waals surface area (Å²) in [6, 6.07) is 4.36. The minimum absolute atomic E-state index is 0.00169. The van der Waals surface area contributed by atoms with Gasteiger partial charge in [-0.3, -0.25) is 15.2 Å². The van der Waals surface area contributed by atoms with Gasteiger partial charge in [0, 0.05) is 18.6 Å². The van der Waals surface area contributed by atoms with E-state index in [0.717, 1.165) is 18.7 Å². The second-order valence-corrected chi connectivity index (χ2v) is 5.56. The predicted octanol–water partition coefficient (Wildman–Crippen LogP) is 3.10. The number of rotatable bonds is 6. The van der Waals surface area contributed by atoms with Gasteiger partial charge in [-0.15, -0.1) is 5.10 Å². The molecule has 22 heavy (non-hydrogen) atoms. The molecular weight excluding hydrogens is 306 g/mol. The number of nitrogens with zero attached hydrogens (tertiary/aromatic N) is 4. The Labute approximate surface area is 129 Å². The SMILES string of the molecule is CCCc1nc(SCc2nc3cc([N+](=O)[O-])ccc3o2)n[nH]1. The lowest BCUT2D eigenvalue weighted by atomic mass is 10.3. The fourth-order valence-corrected chi connectivity index (χ4v) is 2.62. The largest absolute Gasteiger partial charge is 0.440 e. The number of nitro groups is 1. The first-order chi connectivity index (χ1) is 10.7. The predicted molar refractivity (Wildman–Crippen MR) is 80.6 cm³/mol. The maximum atomic E-state index is 10.7. The third kappa shape index (κ3) is 3.08. The number of oxazole rings is 1. The maximum absolute atomic E-state index is 10.7. The van der Waals surface area contributed by atoms with Crippen molar-refractivity contribution in [1.82, 2.24) is 20.2 Å². The highest BCUT2D eigenvalue weighted by Crippen LogP contribution is 2.25. The van der Waals surface area contributed by atoms with Gasteiger partial charge in [-0.05, 0) is 12.5 Å². The Hall–Kier alpha value is -2.42. The minimum atomic E-state index is -0.453. The average Bonchev–Trinajstić information content (AvgIpc) is 3.10. The van der Waals surface area contributed by atoms with Crippen molar-refractivity contribution in [2.75, 3.05) is 0 Å². The number of hydrogen-bond acceptors (Lipinski definition) is 7. The first-order valence-corrected chi connectivity index (χ1v) is 7.72. The van der Waals surface area contributed by atoms with Crippen LogP contribution in [0.25, 0.3) is 11.1 Å². The summed E-state index contributed by atoms with van der Waals surface area (Å²) in [6.45, 7) is 2.08. The van der Waals surface area contributed by atoms with Crippen molar-refractivity contribution in [3.05, 3.63) is 40.0 Å². The number of non-ortho nitro benzene ring substituents is 1. The third-order valence-electron chi connectivity index (χ3n) is 2.95. The molecular formula is C13H13N5O3S. The summed E-state index contributed by atoms with van der Waals surface area (Å²) in [6.07, 6.45) is 1.86. The topological polar surface area (TPSA) is 111 Å². The van der Waals surface area contributed by atoms with Gasteiger partial charge in [0.1, 0.15) is 11.3 Å². The number of benzene rings is 1. The second-order valence-electron chi connectivity index (χ2n) is 4.62. The maximum Gasteiger partial charge on any atom is 0.271 e. The number of aromatic amines is 1. The smallest absolute Gasteiger partial charge is 0.271 e. The molecule has 0 amide bonds. The Bertz CT molecular complexity index is 813. The molecule has 1 aromatic carbocycles. The lowest BCUT2D eigenvalue weighted by Crippen LogP contribution is -1.86. The first kappa shape index (κ1) is 14.5. The summed E-state index contributed by atoms with van der Waals surface area (Å²) in [7, 11) is 0. The number of hydrogen-bond donors (Lipinski definition) is 1. The molecule has 2 aromatic heterocycles. The number of aromatic nitrogens is 4. The van der Waals surface area contributed by atoms with Gasteiger partial charge in [0.25, 0.3) is 5.69 Å². The number of nitro benzene ring substituents is 1. The fourth-order valence-electron chi connectivity index (χ4n) is 1.96. The molecule has 0 atom stereocenters. The molecule has 3 rings (SSSR count). The molecule has 3 aromatic rings. The Balaban J connectivity index is 1.71. The highest BCUT2D eigenvalue weighted by Gasteiger charge is 2.12.